The second kappa shape index (κ2) is 11.1. The second-order valence-corrected chi connectivity index (χ2v) is 8.23. The topological polar surface area (TPSA) is 67.2 Å². The maximum absolute atomic E-state index is 14.2. The summed E-state index contributed by atoms with van der Waals surface area (Å²) in [5, 5.41) is 2.62. The van der Waals surface area contributed by atoms with Gasteiger partial charge in [-0.15, -0.1) is 6.58 Å². The Morgan fingerprint density at radius 1 is 0.974 bits per heavy atom. The first-order chi connectivity index (χ1) is 18.2. The normalized spacial score (nSPS) is 11.2. The first-order valence-electron chi connectivity index (χ1n) is 11.4. The van der Waals surface area contributed by atoms with E-state index < -0.39 is 35.9 Å². The number of alkyl halides is 3. The third-order valence-corrected chi connectivity index (χ3v) is 5.57. The van der Waals surface area contributed by atoms with Crippen LogP contribution in [0.1, 0.15) is 15.9 Å². The number of benzene rings is 3. The van der Waals surface area contributed by atoms with Gasteiger partial charge in [0.25, 0.3) is 5.91 Å². The summed E-state index contributed by atoms with van der Waals surface area (Å²) in [5.41, 5.74) is 0.498. The molecule has 0 aliphatic carbocycles. The van der Waals surface area contributed by atoms with Crippen LogP contribution in [0.2, 0.25) is 0 Å². The van der Waals surface area contributed by atoms with Gasteiger partial charge in [0.15, 0.2) is 0 Å². The molecular weight excluding hydrogens is 500 g/mol. The molecule has 1 N–H and O–H groups in total. The molecule has 0 saturated heterocycles. The summed E-state index contributed by atoms with van der Waals surface area (Å²) in [6, 6.07) is 18.8. The molecule has 10 heteroatoms. The maximum Gasteiger partial charge on any atom is 0.416 e. The Balaban J connectivity index is 1.63. The minimum absolute atomic E-state index is 0.0246. The van der Waals surface area contributed by atoms with Crippen molar-refractivity contribution in [2.45, 2.75) is 6.18 Å². The number of aromatic nitrogens is 2. The van der Waals surface area contributed by atoms with Gasteiger partial charge in [-0.25, -0.2) is 9.37 Å². The van der Waals surface area contributed by atoms with Crippen LogP contribution >= 0.6 is 0 Å². The van der Waals surface area contributed by atoms with Gasteiger partial charge in [-0.3, -0.25) is 19.5 Å². The number of imidazole rings is 1. The quantitative estimate of drug-likeness (QED) is 0.229. The van der Waals surface area contributed by atoms with Gasteiger partial charge in [0.05, 0.1) is 16.8 Å². The number of halogens is 4. The number of carbonyl (C=O) groups excluding carboxylic acids is 2. The Morgan fingerprint density at radius 2 is 1.63 bits per heavy atom. The largest absolute Gasteiger partial charge is 0.416 e. The van der Waals surface area contributed by atoms with E-state index in [1.54, 1.807) is 30.5 Å². The van der Waals surface area contributed by atoms with E-state index >= 15 is 0 Å². The standard InChI is InChI=1S/C28H22F4N4O2/c1-2-16-35(26(38)22-10-6-7-11-23(22)29)18-25(37)34-27-33-24(19-8-4-3-5-9-19)17-36(27)21-14-12-20(13-15-21)28(30,31)32/h2-15,17H,1,16,18H2,(H,33,34,37). The van der Waals surface area contributed by atoms with Crippen LogP contribution < -0.4 is 5.32 Å². The van der Waals surface area contributed by atoms with Crippen molar-refractivity contribution in [3.63, 3.8) is 0 Å². The molecule has 0 bridgehead atoms. The molecule has 3 aromatic carbocycles. The molecule has 1 aromatic heterocycles. The van der Waals surface area contributed by atoms with E-state index in [-0.39, 0.29) is 18.1 Å². The SMILES string of the molecule is C=CCN(CC(=O)Nc1nc(-c2ccccc2)cn1-c1ccc(C(F)(F)F)cc1)C(=O)c1ccccc1F. The van der Waals surface area contributed by atoms with Crippen molar-refractivity contribution in [2.75, 3.05) is 18.4 Å². The molecule has 4 rings (SSSR count). The average Bonchev–Trinajstić information content (AvgIpc) is 3.32. The highest BCUT2D eigenvalue weighted by Crippen LogP contribution is 2.31. The first kappa shape index (κ1) is 26.3. The summed E-state index contributed by atoms with van der Waals surface area (Å²) in [6.07, 6.45) is -1.51. The van der Waals surface area contributed by atoms with Gasteiger partial charge < -0.3 is 4.90 Å². The molecule has 6 nitrogen and oxygen atoms in total. The highest BCUT2D eigenvalue weighted by Gasteiger charge is 2.30. The van der Waals surface area contributed by atoms with Crippen molar-refractivity contribution in [2.24, 2.45) is 0 Å². The van der Waals surface area contributed by atoms with E-state index in [9.17, 15) is 27.2 Å². The Labute approximate surface area is 215 Å². The lowest BCUT2D eigenvalue weighted by molar-refractivity contribution is -0.137. The molecule has 194 valence electrons. The van der Waals surface area contributed by atoms with Crippen LogP contribution in [-0.4, -0.2) is 39.4 Å². The number of hydrogen-bond donors (Lipinski definition) is 1. The van der Waals surface area contributed by atoms with E-state index in [1.165, 1.54) is 41.0 Å². The fourth-order valence-corrected chi connectivity index (χ4v) is 3.74. The number of carbonyl (C=O) groups is 2. The predicted molar refractivity (Wildman–Crippen MR) is 135 cm³/mol. The maximum atomic E-state index is 14.2. The van der Waals surface area contributed by atoms with Gasteiger partial charge >= 0.3 is 6.18 Å². The Hall–Kier alpha value is -4.73. The van der Waals surface area contributed by atoms with Gasteiger partial charge in [-0.05, 0) is 36.4 Å². The lowest BCUT2D eigenvalue weighted by Crippen LogP contribution is -2.38. The van der Waals surface area contributed by atoms with Crippen LogP contribution in [0.15, 0.2) is 97.7 Å². The summed E-state index contributed by atoms with van der Waals surface area (Å²) in [7, 11) is 0. The van der Waals surface area contributed by atoms with Gasteiger partial charge in [-0.1, -0.05) is 48.5 Å². The summed E-state index contributed by atoms with van der Waals surface area (Å²) < 4.78 is 54.8. The van der Waals surface area contributed by atoms with Crippen molar-refractivity contribution in [3.05, 3.63) is 115 Å². The zero-order chi connectivity index (χ0) is 27.3. The molecule has 0 fully saturated rings. The monoisotopic (exact) mass is 522 g/mol. The van der Waals surface area contributed by atoms with Crippen molar-refractivity contribution >= 4 is 17.8 Å². The van der Waals surface area contributed by atoms with Crippen LogP contribution in [0.4, 0.5) is 23.5 Å². The molecule has 38 heavy (non-hydrogen) atoms. The van der Waals surface area contributed by atoms with E-state index in [4.69, 9.17) is 0 Å². The zero-order valence-electron chi connectivity index (χ0n) is 20.0. The van der Waals surface area contributed by atoms with Crippen LogP contribution in [0.5, 0.6) is 0 Å². The zero-order valence-corrected chi connectivity index (χ0v) is 20.0. The van der Waals surface area contributed by atoms with Gasteiger partial charge in [0.2, 0.25) is 11.9 Å². The average molecular weight is 523 g/mol. The Bertz CT molecular complexity index is 1450. The molecule has 0 aliphatic rings. The molecule has 2 amide bonds. The van der Waals surface area contributed by atoms with E-state index in [0.717, 1.165) is 28.7 Å². The minimum Gasteiger partial charge on any atom is -0.326 e. The lowest BCUT2D eigenvalue weighted by atomic mass is 10.2. The number of amides is 2. The molecule has 0 spiro atoms. The van der Waals surface area contributed by atoms with Crippen molar-refractivity contribution in [1.82, 2.24) is 14.5 Å². The number of nitrogens with zero attached hydrogens (tertiary/aromatic N) is 3. The smallest absolute Gasteiger partial charge is 0.326 e. The van der Waals surface area contributed by atoms with Gasteiger partial charge in [-0.2, -0.15) is 13.2 Å². The van der Waals surface area contributed by atoms with Crippen LogP contribution in [0.25, 0.3) is 16.9 Å². The fourth-order valence-electron chi connectivity index (χ4n) is 3.74. The van der Waals surface area contributed by atoms with Crippen LogP contribution in [0.3, 0.4) is 0 Å². The molecule has 0 atom stereocenters. The summed E-state index contributed by atoms with van der Waals surface area (Å²) in [6.45, 7) is 3.12. The third-order valence-electron chi connectivity index (χ3n) is 5.57. The minimum atomic E-state index is -4.50. The van der Waals surface area contributed by atoms with Crippen molar-refractivity contribution in [3.8, 4) is 16.9 Å². The third kappa shape index (κ3) is 5.97. The summed E-state index contributed by atoms with van der Waals surface area (Å²) in [5.74, 6) is -2.04. The molecule has 1 heterocycles. The summed E-state index contributed by atoms with van der Waals surface area (Å²) >= 11 is 0. The number of rotatable bonds is 8. The molecule has 0 aliphatic heterocycles. The van der Waals surface area contributed by atoms with Crippen LogP contribution in [-0.2, 0) is 11.0 Å². The second-order valence-electron chi connectivity index (χ2n) is 8.23. The fraction of sp³-hybridized carbons (Fsp3) is 0.107. The van der Waals surface area contributed by atoms with E-state index in [0.29, 0.717) is 11.4 Å². The molecule has 0 radical (unpaired) electrons. The van der Waals surface area contributed by atoms with Crippen LogP contribution in [0, 0.1) is 5.82 Å². The predicted octanol–water partition coefficient (Wildman–Crippen LogP) is 5.96. The highest BCUT2D eigenvalue weighted by molar-refractivity contribution is 5.99. The molecule has 4 aromatic rings. The highest BCUT2D eigenvalue weighted by atomic mass is 19.4. The van der Waals surface area contributed by atoms with Gasteiger partial charge in [0.1, 0.15) is 12.4 Å². The van der Waals surface area contributed by atoms with E-state index in [1.807, 2.05) is 6.07 Å². The van der Waals surface area contributed by atoms with Crippen molar-refractivity contribution in [1.29, 1.82) is 0 Å². The molecule has 0 unspecified atom stereocenters. The number of nitrogens with one attached hydrogen (secondary N) is 1. The lowest BCUT2D eigenvalue weighted by Gasteiger charge is -2.21. The Kier molecular flexibility index (Phi) is 7.71. The summed E-state index contributed by atoms with van der Waals surface area (Å²) in [4.78, 5) is 31.5. The van der Waals surface area contributed by atoms with Crippen molar-refractivity contribution < 1.29 is 27.2 Å². The number of anilines is 1. The molecular formula is C28H22F4N4O2. The molecule has 0 saturated carbocycles. The number of hydrogen-bond acceptors (Lipinski definition) is 3. The first-order valence-corrected chi connectivity index (χ1v) is 11.4. The van der Waals surface area contributed by atoms with Gasteiger partial charge in [0, 0.05) is 24.0 Å². The Morgan fingerprint density at radius 3 is 2.26 bits per heavy atom. The van der Waals surface area contributed by atoms with E-state index in [2.05, 4.69) is 16.9 Å².